The van der Waals surface area contributed by atoms with Gasteiger partial charge in [0.1, 0.15) is 18.2 Å². The summed E-state index contributed by atoms with van der Waals surface area (Å²) in [5.74, 6) is -0.498. The number of carbonyl (C=O) groups is 1. The molecule has 0 bridgehead atoms. The normalized spacial score (nSPS) is 10.5. The predicted octanol–water partition coefficient (Wildman–Crippen LogP) is 0.994. The maximum atomic E-state index is 13.3. The first-order valence-electron chi connectivity index (χ1n) is 5.48. The maximum absolute atomic E-state index is 13.3. The summed E-state index contributed by atoms with van der Waals surface area (Å²) < 4.78 is 19.4. The van der Waals surface area contributed by atoms with E-state index in [0.29, 0.717) is 11.5 Å². The lowest BCUT2D eigenvalue weighted by Crippen LogP contribution is -2.11. The number of rotatable bonds is 3. The number of hydrogen-bond acceptors (Lipinski definition) is 5. The summed E-state index contributed by atoms with van der Waals surface area (Å²) in [4.78, 5) is 11.7. The van der Waals surface area contributed by atoms with Gasteiger partial charge in [0.25, 0.3) is 0 Å². The number of hydrogen-bond donors (Lipinski definition) is 1. The van der Waals surface area contributed by atoms with Crippen molar-refractivity contribution in [3.05, 3.63) is 41.2 Å². The first kappa shape index (κ1) is 13.2. The van der Waals surface area contributed by atoms with Crippen LogP contribution in [0.5, 0.6) is 0 Å². The van der Waals surface area contributed by atoms with E-state index in [1.54, 1.807) is 6.92 Å². The number of aromatic nitrogens is 3. The van der Waals surface area contributed by atoms with E-state index >= 15 is 0 Å². The molecule has 0 fully saturated rings. The molecule has 0 saturated carbocycles. The van der Waals surface area contributed by atoms with Crippen LogP contribution < -0.4 is 0 Å². The molecule has 0 amide bonds. The molecule has 0 aliphatic carbocycles. The predicted molar refractivity (Wildman–Crippen MR) is 63.3 cm³/mol. The quantitative estimate of drug-likeness (QED) is 0.837. The molecule has 0 spiro atoms. The number of halogens is 1. The van der Waals surface area contributed by atoms with Gasteiger partial charge in [-0.1, -0.05) is 0 Å². The topological polar surface area (TPSA) is 77.2 Å². The Hall–Kier alpha value is -2.28. The van der Waals surface area contributed by atoms with Crippen LogP contribution in [0.1, 0.15) is 22.0 Å². The fourth-order valence-electron chi connectivity index (χ4n) is 1.80. The molecule has 1 N–H and O–H groups in total. The van der Waals surface area contributed by atoms with Crippen molar-refractivity contribution in [3.8, 4) is 5.69 Å². The van der Waals surface area contributed by atoms with Crippen LogP contribution >= 0.6 is 0 Å². The molecule has 100 valence electrons. The fourth-order valence-corrected chi connectivity index (χ4v) is 1.80. The molecule has 1 aromatic heterocycles. The van der Waals surface area contributed by atoms with Crippen LogP contribution in [0.3, 0.4) is 0 Å². The van der Waals surface area contributed by atoms with Gasteiger partial charge in [0.15, 0.2) is 5.82 Å². The number of nitrogens with zero attached hydrogens (tertiary/aromatic N) is 3. The van der Waals surface area contributed by atoms with Crippen LogP contribution in [0.25, 0.3) is 5.69 Å². The highest BCUT2D eigenvalue weighted by molar-refractivity contribution is 5.93. The second kappa shape index (κ2) is 5.15. The summed E-state index contributed by atoms with van der Waals surface area (Å²) in [5.41, 5.74) is 0.403. The van der Waals surface area contributed by atoms with Crippen LogP contribution in [0.15, 0.2) is 18.2 Å². The Labute approximate surface area is 108 Å². The van der Waals surface area contributed by atoms with E-state index in [0.717, 1.165) is 6.07 Å². The van der Waals surface area contributed by atoms with E-state index in [1.807, 2.05) is 0 Å². The summed E-state index contributed by atoms with van der Waals surface area (Å²) in [6.07, 6.45) is 0. The fraction of sp³-hybridized carbons (Fsp3) is 0.250. The third-order valence-corrected chi connectivity index (χ3v) is 2.64. The summed E-state index contributed by atoms with van der Waals surface area (Å²) in [5, 5.41) is 16.8. The van der Waals surface area contributed by atoms with Gasteiger partial charge in [-0.3, -0.25) is 4.57 Å². The number of carbonyl (C=O) groups excluding carboxylic acids is 1. The van der Waals surface area contributed by atoms with Crippen LogP contribution in [0.2, 0.25) is 0 Å². The van der Waals surface area contributed by atoms with E-state index < -0.39 is 11.8 Å². The van der Waals surface area contributed by atoms with Crippen LogP contribution in [0.4, 0.5) is 4.39 Å². The highest BCUT2D eigenvalue weighted by atomic mass is 19.1. The van der Waals surface area contributed by atoms with Crippen molar-refractivity contribution in [1.82, 2.24) is 14.8 Å². The molecule has 0 aliphatic heterocycles. The van der Waals surface area contributed by atoms with Crippen molar-refractivity contribution in [2.75, 3.05) is 7.11 Å². The van der Waals surface area contributed by atoms with Crippen molar-refractivity contribution in [2.24, 2.45) is 0 Å². The minimum absolute atomic E-state index is 0.0418. The van der Waals surface area contributed by atoms with Gasteiger partial charge in [0, 0.05) is 0 Å². The van der Waals surface area contributed by atoms with Gasteiger partial charge in [-0.2, -0.15) is 0 Å². The Balaban J connectivity index is 2.68. The molecule has 7 heteroatoms. The number of aryl methyl sites for hydroxylation is 1. The van der Waals surface area contributed by atoms with Crippen molar-refractivity contribution >= 4 is 5.97 Å². The van der Waals surface area contributed by atoms with E-state index in [4.69, 9.17) is 0 Å². The first-order valence-corrected chi connectivity index (χ1v) is 5.48. The number of benzene rings is 1. The second-order valence-electron chi connectivity index (χ2n) is 3.81. The highest BCUT2D eigenvalue weighted by Gasteiger charge is 2.18. The molecule has 1 heterocycles. The molecule has 2 aromatic rings. The molecule has 2 rings (SSSR count). The largest absolute Gasteiger partial charge is 0.465 e. The smallest absolute Gasteiger partial charge is 0.340 e. The van der Waals surface area contributed by atoms with E-state index in [2.05, 4.69) is 14.9 Å². The molecule has 0 radical (unpaired) electrons. The Morgan fingerprint density at radius 1 is 1.47 bits per heavy atom. The van der Waals surface area contributed by atoms with Gasteiger partial charge in [0.2, 0.25) is 0 Å². The van der Waals surface area contributed by atoms with Gasteiger partial charge in [0.05, 0.1) is 18.4 Å². The molecule has 0 aliphatic rings. The lowest BCUT2D eigenvalue weighted by Gasteiger charge is -2.11. The Kier molecular flexibility index (Phi) is 3.57. The first-order chi connectivity index (χ1) is 9.08. The van der Waals surface area contributed by atoms with Crippen LogP contribution in [-0.2, 0) is 11.3 Å². The van der Waals surface area contributed by atoms with Crippen LogP contribution in [0, 0.1) is 12.7 Å². The summed E-state index contributed by atoms with van der Waals surface area (Å²) in [7, 11) is 1.21. The average Bonchev–Trinajstić information content (AvgIpc) is 2.79. The zero-order chi connectivity index (χ0) is 14.0. The highest BCUT2D eigenvalue weighted by Crippen LogP contribution is 2.20. The molecular weight excluding hydrogens is 253 g/mol. The van der Waals surface area contributed by atoms with Gasteiger partial charge in [-0.15, -0.1) is 10.2 Å². The number of aliphatic hydroxyl groups excluding tert-OH is 1. The summed E-state index contributed by atoms with van der Waals surface area (Å²) >= 11 is 0. The van der Waals surface area contributed by atoms with Crippen molar-refractivity contribution in [2.45, 2.75) is 13.5 Å². The van der Waals surface area contributed by atoms with Crippen molar-refractivity contribution in [3.63, 3.8) is 0 Å². The molecule has 19 heavy (non-hydrogen) atoms. The van der Waals surface area contributed by atoms with E-state index in [9.17, 15) is 14.3 Å². The zero-order valence-electron chi connectivity index (χ0n) is 10.4. The molecular formula is C12H12FN3O3. The van der Waals surface area contributed by atoms with E-state index in [-0.39, 0.29) is 18.0 Å². The average molecular weight is 265 g/mol. The van der Waals surface area contributed by atoms with Gasteiger partial charge in [-0.25, -0.2) is 9.18 Å². The maximum Gasteiger partial charge on any atom is 0.340 e. The lowest BCUT2D eigenvalue weighted by atomic mass is 10.1. The minimum Gasteiger partial charge on any atom is -0.465 e. The number of aliphatic hydroxyl groups is 1. The minimum atomic E-state index is -0.675. The molecule has 1 aromatic carbocycles. The van der Waals surface area contributed by atoms with Crippen molar-refractivity contribution < 1.29 is 19.0 Å². The van der Waals surface area contributed by atoms with Gasteiger partial charge < -0.3 is 9.84 Å². The zero-order valence-corrected chi connectivity index (χ0v) is 10.4. The van der Waals surface area contributed by atoms with Gasteiger partial charge in [-0.05, 0) is 25.1 Å². The SMILES string of the molecule is COC(=O)c1cc(F)ccc1-n1c(C)nnc1CO. The number of ether oxygens (including phenoxy) is 1. The summed E-state index contributed by atoms with van der Waals surface area (Å²) in [6, 6.07) is 3.70. The monoisotopic (exact) mass is 265 g/mol. The third kappa shape index (κ3) is 2.32. The lowest BCUT2D eigenvalue weighted by molar-refractivity contribution is 0.0600. The summed E-state index contributed by atoms with van der Waals surface area (Å²) in [6.45, 7) is 1.31. The van der Waals surface area contributed by atoms with Crippen LogP contribution in [-0.4, -0.2) is 33.0 Å². The number of esters is 1. The molecule has 0 saturated heterocycles. The molecule has 0 unspecified atom stereocenters. The second-order valence-corrected chi connectivity index (χ2v) is 3.81. The Morgan fingerprint density at radius 3 is 2.84 bits per heavy atom. The van der Waals surface area contributed by atoms with Gasteiger partial charge >= 0.3 is 5.97 Å². The third-order valence-electron chi connectivity index (χ3n) is 2.64. The molecule has 0 atom stereocenters. The van der Waals surface area contributed by atoms with Crippen molar-refractivity contribution in [1.29, 1.82) is 0 Å². The van der Waals surface area contributed by atoms with E-state index in [1.165, 1.54) is 23.8 Å². The molecule has 6 nitrogen and oxygen atoms in total. The number of methoxy groups -OCH3 is 1. The Morgan fingerprint density at radius 2 is 2.21 bits per heavy atom. The standard InChI is InChI=1S/C12H12FN3O3/c1-7-14-15-11(6-17)16(7)10-4-3-8(13)5-9(10)12(18)19-2/h3-5,17H,6H2,1-2H3. The Bertz CT molecular complexity index is 625.